The Labute approximate surface area is 450 Å². The highest BCUT2D eigenvalue weighted by Crippen LogP contribution is 2.54. The summed E-state index contributed by atoms with van der Waals surface area (Å²) in [5.74, 6) is -2.93. The van der Waals surface area contributed by atoms with Crippen LogP contribution < -0.4 is 0 Å². The van der Waals surface area contributed by atoms with Crippen LogP contribution in [0, 0.1) is 0 Å². The molecule has 2 aliphatic rings. The zero-order chi connectivity index (χ0) is 53.4. The summed E-state index contributed by atoms with van der Waals surface area (Å²) in [6.07, 6.45) is -4.00. The first-order valence-corrected chi connectivity index (χ1v) is 26.1. The number of hydrogen-bond acceptors (Lipinski definition) is 9. The number of carbonyl (C=O) groups excluding carboxylic acids is 2. The Kier molecular flexibility index (Phi) is 14.5. The van der Waals surface area contributed by atoms with Gasteiger partial charge in [0.25, 0.3) is 0 Å². The van der Waals surface area contributed by atoms with Crippen molar-refractivity contribution in [1.82, 2.24) is 0 Å². The van der Waals surface area contributed by atoms with Gasteiger partial charge in [0, 0.05) is 4.47 Å². The molecule has 0 spiro atoms. The number of carbonyl (C=O) groups is 2. The van der Waals surface area contributed by atoms with E-state index in [1.165, 1.54) is 24.8 Å². The largest absolute Gasteiger partial charge is 0.467 e. The van der Waals surface area contributed by atoms with Crippen LogP contribution in [0.25, 0.3) is 53.9 Å². The molecule has 2 heterocycles. The van der Waals surface area contributed by atoms with Gasteiger partial charge in [-0.1, -0.05) is 222 Å². The van der Waals surface area contributed by atoms with E-state index in [-0.39, 0.29) is 5.78 Å². The van der Waals surface area contributed by atoms with E-state index < -0.39 is 53.2 Å². The van der Waals surface area contributed by atoms with Crippen LogP contribution in [0.1, 0.15) is 56.9 Å². The Balaban J connectivity index is 0.000000214. The van der Waals surface area contributed by atoms with Crippen molar-refractivity contribution in [3.63, 3.8) is 0 Å². The lowest BCUT2D eigenvalue weighted by Crippen LogP contribution is -2.55. The van der Waals surface area contributed by atoms with Crippen LogP contribution in [0.3, 0.4) is 0 Å². The summed E-state index contributed by atoms with van der Waals surface area (Å²) in [7, 11) is 1.24. The molecular formula is C66H59BrO9. The number of esters is 1. The Morgan fingerprint density at radius 3 is 1.03 bits per heavy atom. The Morgan fingerprint density at radius 2 is 0.697 bits per heavy atom. The van der Waals surface area contributed by atoms with Crippen molar-refractivity contribution < 1.29 is 43.5 Å². The van der Waals surface area contributed by atoms with Crippen LogP contribution in [0.5, 0.6) is 0 Å². The smallest absolute Gasteiger partial charge is 0.338 e. The molecule has 0 aromatic heterocycles. The van der Waals surface area contributed by atoms with E-state index in [1.54, 1.807) is 13.8 Å². The molecule has 4 atom stereocenters. The predicted molar refractivity (Wildman–Crippen MR) is 304 cm³/mol. The summed E-state index contributed by atoms with van der Waals surface area (Å²) >= 11 is 3.50. The monoisotopic (exact) mass is 1070 g/mol. The van der Waals surface area contributed by atoms with Crippen molar-refractivity contribution in [2.75, 3.05) is 7.11 Å². The van der Waals surface area contributed by atoms with E-state index in [0.717, 1.165) is 47.6 Å². The summed E-state index contributed by atoms with van der Waals surface area (Å²) in [6, 6.07) is 70.9. The molecule has 9 nitrogen and oxygen atoms in total. The van der Waals surface area contributed by atoms with Gasteiger partial charge in [0.1, 0.15) is 23.4 Å². The molecule has 0 amide bonds. The van der Waals surface area contributed by atoms with Gasteiger partial charge in [0.05, 0.1) is 7.11 Å². The third-order valence-electron chi connectivity index (χ3n) is 14.4. The van der Waals surface area contributed by atoms with Crippen LogP contribution in [0.4, 0.5) is 0 Å². The zero-order valence-electron chi connectivity index (χ0n) is 43.1. The highest BCUT2D eigenvalue weighted by Gasteiger charge is 2.62. The zero-order valence-corrected chi connectivity index (χ0v) is 44.7. The number of benzene rings is 10. The number of halogens is 1. The van der Waals surface area contributed by atoms with E-state index in [2.05, 4.69) is 99.5 Å². The molecule has 10 aromatic carbocycles. The van der Waals surface area contributed by atoms with Crippen LogP contribution in [-0.2, 0) is 44.5 Å². The highest BCUT2D eigenvalue weighted by molar-refractivity contribution is 9.10. The quantitative estimate of drug-likeness (QED) is 0.143. The lowest BCUT2D eigenvalue weighted by molar-refractivity contribution is -0.172. The topological polar surface area (TPSA) is 121 Å². The predicted octanol–water partition coefficient (Wildman–Crippen LogP) is 13.9. The van der Waals surface area contributed by atoms with Crippen LogP contribution >= 0.6 is 15.9 Å². The fraction of sp³-hybridized carbons (Fsp3) is 0.212. The SMILES string of the molecule is Brc1cccc2ccccc12.CC1(C)O[C@@H](C(O)(c2cccc3ccccc23)c2cccc3ccccc23)[C@H](C(O)(c2cccc3ccccc23)c2cccc3ccccc23)O1.COC(=O)[C@@H]1OC(C)(C)O[C@H]1C(C)=O. The van der Waals surface area contributed by atoms with Gasteiger partial charge >= 0.3 is 5.97 Å². The van der Waals surface area contributed by atoms with Gasteiger partial charge in [0.15, 0.2) is 29.6 Å². The Hall–Kier alpha value is -7.12. The van der Waals surface area contributed by atoms with Crippen LogP contribution in [0.2, 0.25) is 0 Å². The minimum atomic E-state index is -1.80. The molecule has 0 bridgehead atoms. The second-order valence-electron chi connectivity index (χ2n) is 20.2. The molecule has 0 aliphatic carbocycles. The summed E-state index contributed by atoms with van der Waals surface area (Å²) in [5.41, 5.74) is -0.914. The van der Waals surface area contributed by atoms with E-state index in [4.69, 9.17) is 18.9 Å². The van der Waals surface area contributed by atoms with Crippen molar-refractivity contribution in [3.8, 4) is 0 Å². The van der Waals surface area contributed by atoms with Crippen molar-refractivity contribution in [1.29, 1.82) is 0 Å². The number of ether oxygens (including phenoxy) is 5. The highest BCUT2D eigenvalue weighted by atomic mass is 79.9. The number of Topliss-reactive ketones (excluding diaryl/α,β-unsaturated/α-hetero) is 1. The first-order valence-electron chi connectivity index (χ1n) is 25.3. The maximum Gasteiger partial charge on any atom is 0.338 e. The van der Waals surface area contributed by atoms with E-state index in [9.17, 15) is 19.8 Å². The van der Waals surface area contributed by atoms with Gasteiger partial charge in [-0.3, -0.25) is 4.79 Å². The van der Waals surface area contributed by atoms with Gasteiger partial charge in [-0.2, -0.15) is 0 Å². The average Bonchev–Trinajstić information content (AvgIpc) is 4.04. The minimum absolute atomic E-state index is 0.244. The first-order chi connectivity index (χ1) is 36.5. The first kappa shape index (κ1) is 52.3. The summed E-state index contributed by atoms with van der Waals surface area (Å²) in [5, 5.41) is 38.1. The standard InChI is InChI=1S/C47H38O4.C10H7Br.C9H14O5/c1-45(2)50-43(46(48,39-27-11-19-31-15-3-7-23-35(31)39)40-28-12-20-32-16-4-8-24-36(32)40)44(51-45)47(49,41-29-13-21-33-17-5-9-25-37(33)41)42-30-14-22-34-18-6-10-26-38(34)42;11-10-7-3-5-8-4-1-2-6-9(8)10;1-5(10)6-7(8(11)12-4)14-9(2,3)13-6/h3-30,43-44,48-49H,1-2H3;1-7H;6-7H,1-4H3/t43-,44-;;6-,7+/m1.0/s1. The van der Waals surface area contributed by atoms with E-state index in [0.29, 0.717) is 22.3 Å². The van der Waals surface area contributed by atoms with E-state index >= 15 is 0 Å². The molecule has 76 heavy (non-hydrogen) atoms. The molecule has 10 heteroatoms. The molecule has 10 aromatic rings. The molecule has 384 valence electrons. The summed E-state index contributed by atoms with van der Waals surface area (Å²) < 4.78 is 30.2. The van der Waals surface area contributed by atoms with E-state index in [1.807, 2.05) is 147 Å². The number of methoxy groups -OCH3 is 1. The second-order valence-corrected chi connectivity index (χ2v) is 21.0. The van der Waals surface area contributed by atoms with Gasteiger partial charge in [0.2, 0.25) is 0 Å². The fourth-order valence-electron chi connectivity index (χ4n) is 11.0. The lowest BCUT2D eigenvalue weighted by Gasteiger charge is -2.43. The van der Waals surface area contributed by atoms with Gasteiger partial charge < -0.3 is 33.9 Å². The van der Waals surface area contributed by atoms with Crippen LogP contribution in [-0.4, -0.2) is 65.1 Å². The van der Waals surface area contributed by atoms with Crippen molar-refractivity contribution >= 4 is 81.5 Å². The number of ketones is 1. The molecule has 2 saturated heterocycles. The van der Waals surface area contributed by atoms with Gasteiger partial charge in [-0.05, 0) is 117 Å². The number of aliphatic hydroxyl groups is 2. The fourth-order valence-corrected chi connectivity index (χ4v) is 11.6. The summed E-state index contributed by atoms with van der Waals surface area (Å²) in [4.78, 5) is 22.4. The third-order valence-corrected chi connectivity index (χ3v) is 15.1. The third kappa shape index (κ3) is 9.83. The van der Waals surface area contributed by atoms with Crippen molar-refractivity contribution in [3.05, 3.63) is 239 Å². The maximum absolute atomic E-state index is 14.0. The maximum atomic E-state index is 14.0. The molecule has 0 unspecified atom stereocenters. The van der Waals surface area contributed by atoms with Crippen LogP contribution in [0.15, 0.2) is 217 Å². The number of hydrogen-bond donors (Lipinski definition) is 2. The summed E-state index contributed by atoms with van der Waals surface area (Å²) in [6.45, 7) is 8.36. The Bertz CT molecular complexity index is 3410. The molecular weight excluding hydrogens is 1020 g/mol. The van der Waals surface area contributed by atoms with Crippen molar-refractivity contribution in [2.45, 2.75) is 81.8 Å². The van der Waals surface area contributed by atoms with Gasteiger partial charge in [-0.15, -0.1) is 0 Å². The molecule has 2 N–H and O–H groups in total. The molecule has 12 rings (SSSR count). The number of fused-ring (bicyclic) bond motifs is 5. The second kappa shape index (κ2) is 21.1. The van der Waals surface area contributed by atoms with Gasteiger partial charge in [-0.25, -0.2) is 4.79 Å². The van der Waals surface area contributed by atoms with Crippen molar-refractivity contribution in [2.24, 2.45) is 0 Å². The lowest BCUT2D eigenvalue weighted by atomic mass is 9.69. The molecule has 2 fully saturated rings. The molecule has 0 radical (unpaired) electrons. The normalized spacial score (nSPS) is 19.0. The molecule has 0 saturated carbocycles. The Morgan fingerprint density at radius 1 is 0.421 bits per heavy atom. The minimum Gasteiger partial charge on any atom is -0.467 e. The number of rotatable bonds is 8. The molecule has 2 aliphatic heterocycles. The average molecular weight is 1080 g/mol.